The Morgan fingerprint density at radius 1 is 0.879 bits per heavy atom. The largest absolute Gasteiger partial charge is 0.573 e. The zero-order chi connectivity index (χ0) is 43.4. The Morgan fingerprint density at radius 3 is 2.02 bits per heavy atom. The maximum absolute atomic E-state index is 14.8. The van der Waals surface area contributed by atoms with E-state index >= 15 is 0 Å². The van der Waals surface area contributed by atoms with E-state index in [9.17, 15) is 63.5 Å². The number of rotatable bonds is 11. The molecule has 2 fully saturated rings. The van der Waals surface area contributed by atoms with Crippen LogP contribution in [0.2, 0.25) is 10.0 Å². The number of alkyl halides is 10. The van der Waals surface area contributed by atoms with Crippen LogP contribution in [0, 0.1) is 16.7 Å². The Hall–Kier alpha value is -4.97. The lowest BCUT2D eigenvalue weighted by Gasteiger charge is -2.31. The monoisotopic (exact) mass is 876 g/mol. The van der Waals surface area contributed by atoms with Gasteiger partial charge in [-0.25, -0.2) is 13.9 Å². The Balaban J connectivity index is 1.42. The van der Waals surface area contributed by atoms with Crippen molar-refractivity contribution in [3.8, 4) is 28.6 Å². The molecule has 0 spiro atoms. The third-order valence-corrected chi connectivity index (χ3v) is 9.55. The van der Waals surface area contributed by atoms with E-state index in [1.165, 1.54) is 12.1 Å². The lowest BCUT2D eigenvalue weighted by Crippen LogP contribution is -2.50. The van der Waals surface area contributed by atoms with Gasteiger partial charge in [0.2, 0.25) is 0 Å². The van der Waals surface area contributed by atoms with Crippen LogP contribution >= 0.6 is 23.2 Å². The molecule has 0 aliphatic heterocycles. The highest BCUT2D eigenvalue weighted by Gasteiger charge is 2.73. The second kappa shape index (κ2) is 15.0. The summed E-state index contributed by atoms with van der Waals surface area (Å²) in [5, 5.41) is 12.2. The average Bonchev–Trinajstić information content (AvgIpc) is 4.01. The highest BCUT2D eigenvalue weighted by Crippen LogP contribution is 2.55. The molecule has 1 aromatic heterocycles. The minimum atomic E-state index is -6.70. The molecule has 0 saturated heterocycles. The summed E-state index contributed by atoms with van der Waals surface area (Å²) in [4.78, 5) is 40.0. The van der Waals surface area contributed by atoms with Crippen molar-refractivity contribution < 1.29 is 77.2 Å². The van der Waals surface area contributed by atoms with Crippen molar-refractivity contribution in [2.75, 3.05) is 13.3 Å². The van der Waals surface area contributed by atoms with E-state index in [0.29, 0.717) is 17.5 Å². The van der Waals surface area contributed by atoms with E-state index in [2.05, 4.69) is 9.84 Å². The number of aromatic nitrogens is 2. The quantitative estimate of drug-likeness (QED) is 0.105. The minimum absolute atomic E-state index is 0.0425. The summed E-state index contributed by atoms with van der Waals surface area (Å²) in [6, 6.07) is 4.96. The van der Waals surface area contributed by atoms with Gasteiger partial charge in [-0.15, -0.1) is 13.2 Å². The predicted molar refractivity (Wildman–Crippen MR) is 179 cm³/mol. The number of carbonyl (C=O) groups is 3. The maximum Gasteiger partial charge on any atom is 0.573 e. The summed E-state index contributed by atoms with van der Waals surface area (Å²) >= 11 is 12.3. The highest BCUT2D eigenvalue weighted by atomic mass is 35.5. The molecule has 3 aromatic rings. The van der Waals surface area contributed by atoms with Gasteiger partial charge in [-0.2, -0.15) is 36.7 Å². The van der Waals surface area contributed by atoms with E-state index in [0.717, 1.165) is 23.4 Å². The third kappa shape index (κ3) is 9.02. The normalized spacial score (nSPS) is 16.2. The molecular weight excluding hydrogens is 849 g/mol. The smallest absolute Gasteiger partial charge is 0.459 e. The van der Waals surface area contributed by atoms with Crippen LogP contribution < -0.4 is 4.74 Å². The maximum atomic E-state index is 14.8. The molecular formula is C35H28Cl2F10N4O7. The molecule has 2 aliphatic rings. The number of nitrogens with zero attached hydrogens (tertiary/aromatic N) is 4. The first kappa shape index (κ1) is 44.1. The van der Waals surface area contributed by atoms with Crippen LogP contribution in [0.25, 0.3) is 16.8 Å². The minimum Gasteiger partial charge on any atom is -0.459 e. The topological polar surface area (TPSA) is 133 Å². The van der Waals surface area contributed by atoms with E-state index < -0.39 is 93.8 Å². The number of carbonyl (C=O) groups excluding carboxylic acids is 3. The van der Waals surface area contributed by atoms with Crippen LogP contribution in [-0.2, 0) is 24.7 Å². The van der Waals surface area contributed by atoms with Gasteiger partial charge in [0.1, 0.15) is 28.8 Å². The first-order valence-electron chi connectivity index (χ1n) is 16.6. The van der Waals surface area contributed by atoms with Gasteiger partial charge in [0, 0.05) is 17.3 Å². The number of halogens is 12. The zero-order valence-electron chi connectivity index (χ0n) is 30.0. The SMILES string of the molecule is CC(C)(C)OC(=O)C1(COC(=O)OCN(C(=O)c2cc(-c3cnn(-c4c(Cl)cc(C(F)(C(F)(F)F)C(F)(F)F)cc4OC(F)(F)F)c3)ccc2Cl)C2(C#N)CC2)CC1. The van der Waals surface area contributed by atoms with Crippen LogP contribution in [0.15, 0.2) is 42.7 Å². The zero-order valence-corrected chi connectivity index (χ0v) is 31.5. The fourth-order valence-electron chi connectivity index (χ4n) is 5.53. The lowest BCUT2D eigenvalue weighted by atomic mass is 9.93. The van der Waals surface area contributed by atoms with Gasteiger partial charge in [0.25, 0.3) is 5.91 Å². The molecule has 5 rings (SSSR count). The van der Waals surface area contributed by atoms with Crippen molar-refractivity contribution in [1.29, 1.82) is 5.26 Å². The number of benzene rings is 2. The first-order valence-corrected chi connectivity index (χ1v) is 17.4. The van der Waals surface area contributed by atoms with E-state index in [1.54, 1.807) is 20.8 Å². The fourth-order valence-corrected chi connectivity index (χ4v) is 6.03. The second-order valence-electron chi connectivity index (χ2n) is 14.3. The molecule has 11 nitrogen and oxygen atoms in total. The molecule has 58 heavy (non-hydrogen) atoms. The Labute approximate surface area is 331 Å². The summed E-state index contributed by atoms with van der Waals surface area (Å²) in [6.45, 7) is 3.80. The second-order valence-corrected chi connectivity index (χ2v) is 15.2. The Kier molecular flexibility index (Phi) is 11.4. The summed E-state index contributed by atoms with van der Waals surface area (Å²) < 4.78 is 156. The number of esters is 1. The van der Waals surface area contributed by atoms with E-state index in [-0.39, 0.29) is 47.2 Å². The number of amides is 1. The number of hydrogen-bond acceptors (Lipinski definition) is 9. The standard InChI is InChI=1S/C35H28Cl2F10N4O7/c1-29(2,3)58-27(53)30(6-7-30)16-55-28(54)56-17-50(31(15-48)8-9-31)26(52)21-10-18(4-5-22(21)36)19-13-49-51(14-19)25-23(37)11-20(12-24(25)57-35(45,46)47)32(38,33(39,40)41)34(42,43)44/h4-5,10-14H,6-9,16-17H2,1-3H3. The molecule has 2 aliphatic carbocycles. The number of hydrogen-bond donors (Lipinski definition) is 0. The summed E-state index contributed by atoms with van der Waals surface area (Å²) in [7, 11) is 0. The van der Waals surface area contributed by atoms with Gasteiger partial charge >= 0.3 is 36.5 Å². The Bertz CT molecular complexity index is 2140. The molecule has 0 atom stereocenters. The van der Waals surface area contributed by atoms with Crippen LogP contribution in [0.1, 0.15) is 62.4 Å². The van der Waals surface area contributed by atoms with Crippen molar-refractivity contribution in [2.24, 2.45) is 5.41 Å². The molecule has 0 unspecified atom stereocenters. The summed E-state index contributed by atoms with van der Waals surface area (Å²) in [5.74, 6) is -3.30. The van der Waals surface area contributed by atoms with Crippen molar-refractivity contribution in [1.82, 2.24) is 14.7 Å². The lowest BCUT2D eigenvalue weighted by molar-refractivity contribution is -0.348. The van der Waals surface area contributed by atoms with Gasteiger partial charge in [0.15, 0.2) is 12.5 Å². The molecule has 0 bridgehead atoms. The van der Waals surface area contributed by atoms with Crippen molar-refractivity contribution >= 4 is 41.2 Å². The molecule has 314 valence electrons. The van der Waals surface area contributed by atoms with Crippen molar-refractivity contribution in [2.45, 2.75) is 82.0 Å². The molecule has 2 aromatic carbocycles. The summed E-state index contributed by atoms with van der Waals surface area (Å²) in [5.41, 5.74) is -13.2. The summed E-state index contributed by atoms with van der Waals surface area (Å²) in [6.07, 6.45) is -17.5. The molecule has 2 saturated carbocycles. The average molecular weight is 878 g/mol. The molecule has 23 heteroatoms. The number of nitriles is 1. The predicted octanol–water partition coefficient (Wildman–Crippen LogP) is 9.77. The van der Waals surface area contributed by atoms with Gasteiger partial charge in [0.05, 0.1) is 27.9 Å². The van der Waals surface area contributed by atoms with Crippen LogP contribution in [0.4, 0.5) is 48.7 Å². The van der Waals surface area contributed by atoms with Gasteiger partial charge in [-0.3, -0.25) is 14.5 Å². The Morgan fingerprint density at radius 2 is 1.50 bits per heavy atom. The molecule has 1 heterocycles. The molecule has 0 radical (unpaired) electrons. The van der Waals surface area contributed by atoms with Crippen LogP contribution in [0.3, 0.4) is 0 Å². The first-order chi connectivity index (χ1) is 26.6. The van der Waals surface area contributed by atoms with E-state index in [1.807, 2.05) is 6.07 Å². The van der Waals surface area contributed by atoms with Crippen LogP contribution in [0.5, 0.6) is 5.75 Å². The van der Waals surface area contributed by atoms with Crippen molar-refractivity contribution in [3.63, 3.8) is 0 Å². The van der Waals surface area contributed by atoms with Gasteiger partial charge in [-0.1, -0.05) is 29.3 Å². The van der Waals surface area contributed by atoms with Crippen LogP contribution in [-0.4, -0.2) is 75.9 Å². The number of ether oxygens (including phenoxy) is 4. The third-order valence-electron chi connectivity index (χ3n) is 8.93. The molecule has 0 N–H and O–H groups in total. The highest BCUT2D eigenvalue weighted by molar-refractivity contribution is 6.34. The van der Waals surface area contributed by atoms with Crippen molar-refractivity contribution in [3.05, 3.63) is 63.9 Å². The fraction of sp³-hybridized carbons (Fsp3) is 0.457. The van der Waals surface area contributed by atoms with Gasteiger partial charge < -0.3 is 18.9 Å². The molecule has 1 amide bonds. The van der Waals surface area contributed by atoms with E-state index in [4.69, 9.17) is 37.4 Å². The van der Waals surface area contributed by atoms with Gasteiger partial charge in [-0.05, 0) is 76.3 Å².